The highest BCUT2D eigenvalue weighted by Gasteiger charge is 2.27. The van der Waals surface area contributed by atoms with Crippen LogP contribution in [0.4, 0.5) is 5.82 Å². The Balaban J connectivity index is 1.52. The van der Waals surface area contributed by atoms with Gasteiger partial charge >= 0.3 is 0 Å². The number of aryl methyl sites for hydroxylation is 2. The Morgan fingerprint density at radius 2 is 1.96 bits per heavy atom. The Kier molecular flexibility index (Phi) is 4.81. The lowest BCUT2D eigenvalue weighted by molar-refractivity contribution is 0.220. The zero-order valence-electron chi connectivity index (χ0n) is 15.9. The van der Waals surface area contributed by atoms with E-state index in [0.29, 0.717) is 11.6 Å². The third kappa shape index (κ3) is 3.53. The van der Waals surface area contributed by atoms with Crippen LogP contribution in [0.1, 0.15) is 29.4 Å². The summed E-state index contributed by atoms with van der Waals surface area (Å²) in [7, 11) is 0. The number of hydrogen-bond acceptors (Lipinski definition) is 6. The lowest BCUT2D eigenvalue weighted by Gasteiger charge is -2.41. The van der Waals surface area contributed by atoms with E-state index in [1.54, 1.807) is 11.3 Å². The molecule has 0 N–H and O–H groups in total. The quantitative estimate of drug-likeness (QED) is 0.693. The average molecular weight is 378 g/mol. The van der Waals surface area contributed by atoms with Gasteiger partial charge in [0.25, 0.3) is 0 Å². The van der Waals surface area contributed by atoms with E-state index < -0.39 is 0 Å². The van der Waals surface area contributed by atoms with Crippen LogP contribution >= 0.6 is 11.3 Å². The number of hydrogen-bond donors (Lipinski definition) is 0. The van der Waals surface area contributed by atoms with E-state index in [9.17, 15) is 0 Å². The molecule has 5 nitrogen and oxygen atoms in total. The number of anilines is 1. The molecule has 0 radical (unpaired) electrons. The maximum Gasteiger partial charge on any atom is 0.141 e. The molecule has 2 aromatic heterocycles. The van der Waals surface area contributed by atoms with Gasteiger partial charge in [-0.25, -0.2) is 9.97 Å². The van der Waals surface area contributed by atoms with Crippen LogP contribution in [-0.4, -0.2) is 40.5 Å². The van der Waals surface area contributed by atoms with E-state index in [1.807, 2.05) is 19.1 Å². The van der Waals surface area contributed by atoms with Gasteiger partial charge in [-0.15, -0.1) is 11.3 Å². The van der Waals surface area contributed by atoms with Crippen molar-refractivity contribution in [1.82, 2.24) is 14.9 Å². The van der Waals surface area contributed by atoms with E-state index >= 15 is 0 Å². The first kappa shape index (κ1) is 17.9. The van der Waals surface area contributed by atoms with Gasteiger partial charge in [0.1, 0.15) is 16.5 Å². The van der Waals surface area contributed by atoms with Gasteiger partial charge in [0.05, 0.1) is 17.0 Å². The van der Waals surface area contributed by atoms with Crippen molar-refractivity contribution in [3.63, 3.8) is 0 Å². The van der Waals surface area contributed by atoms with Crippen molar-refractivity contribution >= 4 is 27.4 Å². The summed E-state index contributed by atoms with van der Waals surface area (Å²) in [5.74, 6) is 1.92. The fraction of sp³-hybridized carbons (Fsp3) is 0.381. The summed E-state index contributed by atoms with van der Waals surface area (Å²) in [6, 6.07) is 10.5. The number of aromatic nitrogens is 2. The number of fused-ring (bicyclic) bond motifs is 1. The first-order chi connectivity index (χ1) is 13.0. The van der Waals surface area contributed by atoms with Gasteiger partial charge in [-0.05, 0) is 49.4 Å². The average Bonchev–Trinajstić information content (AvgIpc) is 3.03. The van der Waals surface area contributed by atoms with Crippen LogP contribution in [0, 0.1) is 25.2 Å². The highest BCUT2D eigenvalue weighted by Crippen LogP contribution is 2.33. The van der Waals surface area contributed by atoms with Gasteiger partial charge in [0, 0.05) is 32.2 Å². The minimum absolute atomic E-state index is 0.383. The van der Waals surface area contributed by atoms with Gasteiger partial charge in [-0.2, -0.15) is 5.26 Å². The van der Waals surface area contributed by atoms with Crippen molar-refractivity contribution < 1.29 is 0 Å². The molecule has 0 saturated carbocycles. The van der Waals surface area contributed by atoms with Crippen LogP contribution in [0.15, 0.2) is 29.6 Å². The summed E-state index contributed by atoms with van der Waals surface area (Å²) in [5, 5.41) is 12.3. The molecular weight excluding hydrogens is 354 g/mol. The summed E-state index contributed by atoms with van der Waals surface area (Å²) in [5.41, 5.74) is 3.23. The third-order valence-corrected chi connectivity index (χ3v) is 6.17. The van der Waals surface area contributed by atoms with Gasteiger partial charge in [-0.1, -0.05) is 12.1 Å². The molecule has 27 heavy (non-hydrogen) atoms. The lowest BCUT2D eigenvalue weighted by Crippen LogP contribution is -2.52. The van der Waals surface area contributed by atoms with Crippen molar-refractivity contribution in [3.8, 4) is 6.07 Å². The predicted octanol–water partition coefficient (Wildman–Crippen LogP) is 3.89. The van der Waals surface area contributed by atoms with E-state index in [-0.39, 0.29) is 0 Å². The summed E-state index contributed by atoms with van der Waals surface area (Å²) in [4.78, 5) is 15.4. The first-order valence-electron chi connectivity index (χ1n) is 9.25. The minimum atomic E-state index is 0.383. The van der Waals surface area contributed by atoms with Crippen LogP contribution in [-0.2, 0) is 6.54 Å². The van der Waals surface area contributed by atoms with E-state index in [0.717, 1.165) is 42.7 Å². The highest BCUT2D eigenvalue weighted by molar-refractivity contribution is 7.17. The molecule has 1 unspecified atom stereocenters. The molecule has 1 fully saturated rings. The van der Waals surface area contributed by atoms with Crippen LogP contribution in [0.25, 0.3) is 10.2 Å². The van der Waals surface area contributed by atoms with Crippen molar-refractivity contribution in [3.05, 3.63) is 52.2 Å². The monoisotopic (exact) mass is 377 g/mol. The topological polar surface area (TPSA) is 56.1 Å². The Hall–Kier alpha value is -2.49. The van der Waals surface area contributed by atoms with Crippen LogP contribution < -0.4 is 4.90 Å². The van der Waals surface area contributed by atoms with Crippen molar-refractivity contribution in [2.75, 3.05) is 24.5 Å². The van der Waals surface area contributed by atoms with Gasteiger partial charge in [0.15, 0.2) is 0 Å². The molecule has 1 aromatic carbocycles. The smallest absolute Gasteiger partial charge is 0.141 e. The number of nitriles is 1. The molecule has 3 heterocycles. The molecule has 1 aliphatic rings. The largest absolute Gasteiger partial charge is 0.351 e. The summed E-state index contributed by atoms with van der Waals surface area (Å²) >= 11 is 1.70. The molecule has 0 bridgehead atoms. The number of piperazine rings is 1. The fourth-order valence-electron chi connectivity index (χ4n) is 3.81. The zero-order valence-corrected chi connectivity index (χ0v) is 16.8. The molecule has 138 valence electrons. The molecule has 0 amide bonds. The molecular formula is C21H23N5S. The van der Waals surface area contributed by atoms with Gasteiger partial charge in [-0.3, -0.25) is 4.90 Å². The number of rotatable bonds is 3. The van der Waals surface area contributed by atoms with Crippen LogP contribution in [0.5, 0.6) is 0 Å². The summed E-state index contributed by atoms with van der Waals surface area (Å²) in [6.07, 6.45) is 0. The predicted molar refractivity (Wildman–Crippen MR) is 110 cm³/mol. The zero-order chi connectivity index (χ0) is 19.0. The number of thiophene rings is 1. The Morgan fingerprint density at radius 3 is 2.67 bits per heavy atom. The first-order valence-corrected chi connectivity index (χ1v) is 10.1. The second-order valence-electron chi connectivity index (χ2n) is 7.28. The van der Waals surface area contributed by atoms with Crippen LogP contribution in [0.2, 0.25) is 0 Å². The Bertz CT molecular complexity index is 1000. The Morgan fingerprint density at radius 1 is 1.19 bits per heavy atom. The molecule has 0 spiro atoms. The normalized spacial score (nSPS) is 18.0. The number of nitrogens with zero attached hydrogens (tertiary/aromatic N) is 5. The third-order valence-electron chi connectivity index (χ3n) is 5.18. The molecule has 1 saturated heterocycles. The highest BCUT2D eigenvalue weighted by atomic mass is 32.1. The van der Waals surface area contributed by atoms with E-state index in [1.165, 1.54) is 16.5 Å². The maximum atomic E-state index is 8.95. The molecule has 3 aromatic rings. The van der Waals surface area contributed by atoms with Crippen molar-refractivity contribution in [2.45, 2.75) is 33.4 Å². The molecule has 1 atom stereocenters. The van der Waals surface area contributed by atoms with Crippen molar-refractivity contribution in [2.24, 2.45) is 0 Å². The van der Waals surface area contributed by atoms with E-state index in [4.69, 9.17) is 10.2 Å². The lowest BCUT2D eigenvalue weighted by atomic mass is 10.1. The van der Waals surface area contributed by atoms with Gasteiger partial charge < -0.3 is 4.90 Å². The molecule has 6 heteroatoms. The molecule has 4 rings (SSSR count). The number of benzene rings is 1. The maximum absolute atomic E-state index is 8.95. The van der Waals surface area contributed by atoms with Gasteiger partial charge in [0.2, 0.25) is 0 Å². The fourth-order valence-corrected chi connectivity index (χ4v) is 4.77. The van der Waals surface area contributed by atoms with Crippen molar-refractivity contribution in [1.29, 1.82) is 5.26 Å². The SMILES string of the molecule is Cc1nc(N2CCN(Cc3ccc(C#N)cc3)CC2C)c2c(C)csc2n1. The molecule has 0 aliphatic carbocycles. The molecule has 1 aliphatic heterocycles. The minimum Gasteiger partial charge on any atom is -0.351 e. The second kappa shape index (κ2) is 7.26. The second-order valence-corrected chi connectivity index (χ2v) is 8.14. The standard InChI is InChI=1S/C21H23N5S/c1-14-13-27-21-19(14)20(23-16(3)24-21)26-9-8-25(11-15(26)2)12-18-6-4-17(10-22)5-7-18/h4-7,13,15H,8-9,11-12H2,1-3H3. The van der Waals surface area contributed by atoms with E-state index in [2.05, 4.69) is 52.2 Å². The summed E-state index contributed by atoms with van der Waals surface area (Å²) < 4.78 is 0. The Labute approximate surface area is 163 Å². The summed E-state index contributed by atoms with van der Waals surface area (Å²) in [6.45, 7) is 10.3. The van der Waals surface area contributed by atoms with Crippen LogP contribution in [0.3, 0.4) is 0 Å².